The highest BCUT2D eigenvalue weighted by Crippen LogP contribution is 2.32. The maximum absolute atomic E-state index is 5.50. The summed E-state index contributed by atoms with van der Waals surface area (Å²) >= 11 is 3.34. The van der Waals surface area contributed by atoms with Crippen molar-refractivity contribution in [3.8, 4) is 0 Å². The van der Waals surface area contributed by atoms with E-state index in [2.05, 4.69) is 34.0 Å². The van der Waals surface area contributed by atoms with Gasteiger partial charge >= 0.3 is 0 Å². The lowest BCUT2D eigenvalue weighted by Crippen LogP contribution is -2.48. The second-order valence-electron chi connectivity index (χ2n) is 5.79. The fraction of sp³-hybridized carbons (Fsp3) is 0.733. The highest BCUT2D eigenvalue weighted by atomic mass is 32.2. The predicted octanol–water partition coefficient (Wildman–Crippen LogP) is 3.06. The first-order valence-corrected chi connectivity index (χ1v) is 10.1. The van der Waals surface area contributed by atoms with E-state index in [4.69, 9.17) is 14.8 Å². The molecule has 9 heteroatoms. The average Bonchev–Trinajstić information content (AvgIpc) is 3.16. The molecular weight excluding hydrogens is 344 g/mol. The van der Waals surface area contributed by atoms with Gasteiger partial charge in [-0.25, -0.2) is 5.01 Å². The summed E-state index contributed by atoms with van der Waals surface area (Å²) in [5.74, 6) is 0.875. The van der Waals surface area contributed by atoms with E-state index in [1.54, 1.807) is 0 Å². The van der Waals surface area contributed by atoms with Gasteiger partial charge in [0, 0.05) is 13.1 Å². The lowest BCUT2D eigenvalue weighted by atomic mass is 10.2. The number of nitrogens with zero attached hydrogens (tertiary/aromatic N) is 6. The highest BCUT2D eigenvalue weighted by Gasteiger charge is 2.32. The van der Waals surface area contributed by atoms with Crippen LogP contribution in [0.25, 0.3) is 0 Å². The van der Waals surface area contributed by atoms with Crippen LogP contribution in [-0.2, 0) is 4.74 Å². The Kier molecular flexibility index (Phi) is 6.07. The van der Waals surface area contributed by atoms with E-state index in [1.165, 1.54) is 24.2 Å². The molecule has 0 radical (unpaired) electrons. The van der Waals surface area contributed by atoms with Gasteiger partial charge in [-0.05, 0) is 20.3 Å². The molecule has 7 nitrogen and oxygen atoms in total. The van der Waals surface area contributed by atoms with Crippen LogP contribution in [0.1, 0.15) is 38.1 Å². The standard InChI is InChI=1S/C15H24N6OS2/c1-4-5-6-13-21(19-12(3)23-13)15(20-7-9-22-10-8-20)16-14-18-17-11(2)24-14/h13H,4-10H2,1-3H3/b16-15-. The molecule has 1 fully saturated rings. The van der Waals surface area contributed by atoms with Crippen molar-refractivity contribution >= 4 is 39.2 Å². The van der Waals surface area contributed by atoms with Crippen LogP contribution in [0.15, 0.2) is 10.1 Å². The minimum absolute atomic E-state index is 0.306. The van der Waals surface area contributed by atoms with Crippen molar-refractivity contribution in [1.82, 2.24) is 20.1 Å². The Morgan fingerprint density at radius 3 is 2.75 bits per heavy atom. The first-order valence-electron chi connectivity index (χ1n) is 8.40. The van der Waals surface area contributed by atoms with Gasteiger partial charge in [0.25, 0.3) is 0 Å². The molecule has 1 atom stereocenters. The third-order valence-electron chi connectivity index (χ3n) is 3.84. The maximum atomic E-state index is 5.50. The van der Waals surface area contributed by atoms with Crippen molar-refractivity contribution in [1.29, 1.82) is 0 Å². The fourth-order valence-corrected chi connectivity index (χ4v) is 4.28. The van der Waals surface area contributed by atoms with Crippen molar-refractivity contribution in [2.24, 2.45) is 10.1 Å². The van der Waals surface area contributed by atoms with E-state index in [0.717, 1.165) is 48.7 Å². The minimum Gasteiger partial charge on any atom is -0.378 e. The van der Waals surface area contributed by atoms with Crippen LogP contribution in [0, 0.1) is 6.92 Å². The van der Waals surface area contributed by atoms with Crippen molar-refractivity contribution in [3.05, 3.63) is 5.01 Å². The number of hydrazone groups is 1. The summed E-state index contributed by atoms with van der Waals surface area (Å²) in [5.41, 5.74) is 0. The van der Waals surface area contributed by atoms with E-state index >= 15 is 0 Å². The van der Waals surface area contributed by atoms with Gasteiger partial charge in [-0.2, -0.15) is 10.1 Å². The molecule has 0 bridgehead atoms. The third kappa shape index (κ3) is 4.25. The molecule has 0 N–H and O–H groups in total. The molecule has 1 unspecified atom stereocenters. The molecule has 0 saturated carbocycles. The van der Waals surface area contributed by atoms with E-state index in [1.807, 2.05) is 18.7 Å². The number of aliphatic imine (C=N–C) groups is 1. The van der Waals surface area contributed by atoms with Gasteiger partial charge in [0.2, 0.25) is 11.1 Å². The summed E-state index contributed by atoms with van der Waals surface area (Å²) in [4.78, 5) is 7.07. The van der Waals surface area contributed by atoms with Gasteiger partial charge in [-0.3, -0.25) is 0 Å². The van der Waals surface area contributed by atoms with Gasteiger partial charge in [0.1, 0.15) is 10.4 Å². The van der Waals surface area contributed by atoms with Crippen molar-refractivity contribution < 1.29 is 4.74 Å². The Labute approximate surface area is 151 Å². The zero-order valence-corrected chi connectivity index (χ0v) is 16.1. The Balaban J connectivity index is 1.89. The SMILES string of the molecule is CCCCC1SC(C)=NN1/C(=N\c1nnc(C)s1)N1CCOCC1. The van der Waals surface area contributed by atoms with E-state index in [0.29, 0.717) is 10.5 Å². The molecule has 1 aromatic heterocycles. The Hall–Kier alpha value is -1.19. The fourth-order valence-electron chi connectivity index (χ4n) is 2.67. The lowest BCUT2D eigenvalue weighted by molar-refractivity contribution is 0.0619. The zero-order valence-electron chi connectivity index (χ0n) is 14.4. The van der Waals surface area contributed by atoms with Crippen LogP contribution in [0.2, 0.25) is 0 Å². The first-order chi connectivity index (χ1) is 11.7. The monoisotopic (exact) mass is 368 g/mol. The molecule has 132 valence electrons. The van der Waals surface area contributed by atoms with Crippen molar-refractivity contribution in [3.63, 3.8) is 0 Å². The van der Waals surface area contributed by atoms with Gasteiger partial charge in [0.05, 0.1) is 18.3 Å². The molecule has 0 spiro atoms. The summed E-state index contributed by atoms with van der Waals surface area (Å²) in [6.07, 6.45) is 3.47. The van der Waals surface area contributed by atoms with Crippen LogP contribution in [0.3, 0.4) is 0 Å². The average molecular weight is 369 g/mol. The Morgan fingerprint density at radius 1 is 1.29 bits per heavy atom. The van der Waals surface area contributed by atoms with Crippen LogP contribution in [0.4, 0.5) is 5.13 Å². The summed E-state index contributed by atoms with van der Waals surface area (Å²) in [6, 6.07) is 0. The second kappa shape index (κ2) is 8.26. The quantitative estimate of drug-likeness (QED) is 0.601. The third-order valence-corrected chi connectivity index (χ3v) is 5.71. The smallest absolute Gasteiger partial charge is 0.234 e. The number of aryl methyl sites for hydroxylation is 1. The number of hydrogen-bond donors (Lipinski definition) is 0. The van der Waals surface area contributed by atoms with Gasteiger partial charge in [0.15, 0.2) is 0 Å². The molecule has 3 rings (SSSR count). The minimum atomic E-state index is 0.306. The number of morpholine rings is 1. The number of thioether (sulfide) groups is 1. The molecule has 2 aliphatic heterocycles. The number of unbranched alkanes of at least 4 members (excludes halogenated alkanes) is 1. The lowest BCUT2D eigenvalue weighted by Gasteiger charge is -2.34. The Morgan fingerprint density at radius 2 is 2.08 bits per heavy atom. The molecule has 0 aliphatic carbocycles. The number of aromatic nitrogens is 2. The van der Waals surface area contributed by atoms with E-state index in [9.17, 15) is 0 Å². The molecule has 24 heavy (non-hydrogen) atoms. The number of guanidine groups is 1. The van der Waals surface area contributed by atoms with Crippen LogP contribution in [-0.4, -0.2) is 62.8 Å². The Bertz CT molecular complexity index is 611. The van der Waals surface area contributed by atoms with E-state index < -0.39 is 0 Å². The number of rotatable bonds is 4. The summed E-state index contributed by atoms with van der Waals surface area (Å²) in [7, 11) is 0. The van der Waals surface area contributed by atoms with Crippen LogP contribution >= 0.6 is 23.1 Å². The van der Waals surface area contributed by atoms with Crippen molar-refractivity contribution in [2.75, 3.05) is 26.3 Å². The normalized spacial score (nSPS) is 22.2. The maximum Gasteiger partial charge on any atom is 0.234 e. The number of ether oxygens (including phenoxy) is 1. The summed E-state index contributed by atoms with van der Waals surface area (Å²) in [5, 5.41) is 18.1. The number of hydrogen-bond acceptors (Lipinski definition) is 7. The molecule has 0 amide bonds. The molecule has 3 heterocycles. The van der Waals surface area contributed by atoms with Gasteiger partial charge in [-0.15, -0.1) is 10.2 Å². The topological polar surface area (TPSA) is 66.2 Å². The second-order valence-corrected chi connectivity index (χ2v) is 8.32. The molecule has 1 aromatic rings. The van der Waals surface area contributed by atoms with E-state index in [-0.39, 0.29) is 0 Å². The molecule has 1 saturated heterocycles. The predicted molar refractivity (Wildman–Crippen MR) is 100.0 cm³/mol. The van der Waals surface area contributed by atoms with Crippen LogP contribution in [0.5, 0.6) is 0 Å². The molecular formula is C15H24N6OS2. The summed E-state index contributed by atoms with van der Waals surface area (Å²) < 4.78 is 5.50. The van der Waals surface area contributed by atoms with Crippen molar-refractivity contribution in [2.45, 2.75) is 45.4 Å². The first kappa shape index (κ1) is 17.6. The summed E-state index contributed by atoms with van der Waals surface area (Å²) in [6.45, 7) is 9.33. The largest absolute Gasteiger partial charge is 0.378 e. The molecule has 2 aliphatic rings. The highest BCUT2D eigenvalue weighted by molar-refractivity contribution is 8.14. The van der Waals surface area contributed by atoms with Gasteiger partial charge in [-0.1, -0.05) is 42.9 Å². The van der Waals surface area contributed by atoms with Gasteiger partial charge < -0.3 is 9.64 Å². The van der Waals surface area contributed by atoms with Crippen LogP contribution < -0.4 is 0 Å². The zero-order chi connectivity index (χ0) is 16.9. The molecule has 0 aromatic carbocycles.